The number of nitro benzene ring substituents is 1. The molecular formula is C16H14N2O3. The summed E-state index contributed by atoms with van der Waals surface area (Å²) in [4.78, 5) is 23.5. The molecule has 21 heavy (non-hydrogen) atoms. The van der Waals surface area contributed by atoms with Gasteiger partial charge in [0.2, 0.25) is 0 Å². The smallest absolute Gasteiger partial charge is 0.280 e. The van der Waals surface area contributed by atoms with Crippen molar-refractivity contribution in [1.82, 2.24) is 0 Å². The minimum absolute atomic E-state index is 0.122. The fraction of sp³-hybridized carbons (Fsp3) is 0.188. The number of hydrogen-bond acceptors (Lipinski definition) is 4. The van der Waals surface area contributed by atoms with Crippen LogP contribution in [0, 0.1) is 10.1 Å². The number of anilines is 1. The van der Waals surface area contributed by atoms with Crippen LogP contribution in [0.5, 0.6) is 0 Å². The Kier molecular flexibility index (Phi) is 3.39. The van der Waals surface area contributed by atoms with Gasteiger partial charge < -0.3 is 4.90 Å². The summed E-state index contributed by atoms with van der Waals surface area (Å²) in [5.74, 6) is 0. The molecule has 0 amide bonds. The maximum atomic E-state index is 11.0. The zero-order valence-electron chi connectivity index (χ0n) is 11.4. The van der Waals surface area contributed by atoms with Crippen LogP contribution in [0.25, 0.3) is 0 Å². The standard InChI is InChI=1S/C16H14N2O3/c19-11-14-9-15(5-6-16(14)18(20)21)17-8-7-12-3-1-2-4-13(12)10-17/h1-6,9,11H,7-8,10H2. The average molecular weight is 282 g/mol. The summed E-state index contributed by atoms with van der Waals surface area (Å²) in [6.45, 7) is 1.60. The van der Waals surface area contributed by atoms with Crippen LogP contribution in [0.2, 0.25) is 0 Å². The molecule has 2 aromatic rings. The molecule has 3 rings (SSSR count). The third-order valence-corrected chi connectivity index (χ3v) is 3.83. The van der Waals surface area contributed by atoms with Gasteiger partial charge in [-0.15, -0.1) is 0 Å². The topological polar surface area (TPSA) is 63.5 Å². The molecule has 2 aromatic carbocycles. The summed E-state index contributed by atoms with van der Waals surface area (Å²) in [6.07, 6.45) is 1.48. The van der Waals surface area contributed by atoms with Crippen LogP contribution in [0.1, 0.15) is 21.5 Å². The monoisotopic (exact) mass is 282 g/mol. The lowest BCUT2D eigenvalue weighted by atomic mass is 9.99. The number of carbonyl (C=O) groups is 1. The van der Waals surface area contributed by atoms with Gasteiger partial charge in [0.05, 0.1) is 10.5 Å². The van der Waals surface area contributed by atoms with E-state index in [0.29, 0.717) is 6.29 Å². The lowest BCUT2D eigenvalue weighted by Crippen LogP contribution is -2.30. The van der Waals surface area contributed by atoms with E-state index in [-0.39, 0.29) is 11.3 Å². The van der Waals surface area contributed by atoms with Gasteiger partial charge in [-0.2, -0.15) is 0 Å². The molecule has 0 radical (unpaired) electrons. The fourth-order valence-electron chi connectivity index (χ4n) is 2.72. The average Bonchev–Trinajstić information content (AvgIpc) is 2.53. The van der Waals surface area contributed by atoms with Gasteiger partial charge in [-0.25, -0.2) is 0 Å². The maximum absolute atomic E-state index is 11.0. The molecule has 0 spiro atoms. The van der Waals surface area contributed by atoms with Gasteiger partial charge in [0, 0.05) is 24.8 Å². The summed E-state index contributed by atoms with van der Waals surface area (Å²) in [5, 5.41) is 10.9. The van der Waals surface area contributed by atoms with Gasteiger partial charge in [0.15, 0.2) is 6.29 Å². The molecule has 0 fully saturated rings. The Morgan fingerprint density at radius 1 is 1.14 bits per heavy atom. The lowest BCUT2D eigenvalue weighted by Gasteiger charge is -2.30. The van der Waals surface area contributed by atoms with Crippen LogP contribution in [-0.4, -0.2) is 17.8 Å². The van der Waals surface area contributed by atoms with E-state index in [1.54, 1.807) is 12.1 Å². The summed E-state index contributed by atoms with van der Waals surface area (Å²) >= 11 is 0. The van der Waals surface area contributed by atoms with E-state index in [9.17, 15) is 14.9 Å². The molecule has 0 saturated carbocycles. The van der Waals surface area contributed by atoms with Gasteiger partial charge in [-0.3, -0.25) is 14.9 Å². The van der Waals surface area contributed by atoms with E-state index in [0.717, 1.165) is 25.2 Å². The Hall–Kier alpha value is -2.69. The molecule has 106 valence electrons. The van der Waals surface area contributed by atoms with Crippen molar-refractivity contribution in [3.05, 3.63) is 69.3 Å². The largest absolute Gasteiger partial charge is 0.367 e. The highest BCUT2D eigenvalue weighted by Crippen LogP contribution is 2.28. The maximum Gasteiger partial charge on any atom is 0.280 e. The van der Waals surface area contributed by atoms with Crippen LogP contribution < -0.4 is 4.90 Å². The Morgan fingerprint density at radius 3 is 2.62 bits per heavy atom. The first-order valence-corrected chi connectivity index (χ1v) is 6.74. The molecule has 0 N–H and O–H groups in total. The van der Waals surface area contributed by atoms with Crippen LogP contribution in [0.4, 0.5) is 11.4 Å². The Balaban J connectivity index is 1.92. The van der Waals surface area contributed by atoms with Crippen LogP contribution in [0.15, 0.2) is 42.5 Å². The van der Waals surface area contributed by atoms with Gasteiger partial charge in [-0.05, 0) is 29.7 Å². The van der Waals surface area contributed by atoms with E-state index in [2.05, 4.69) is 17.0 Å². The number of hydrogen-bond donors (Lipinski definition) is 0. The minimum atomic E-state index is -0.529. The molecule has 5 nitrogen and oxygen atoms in total. The van der Waals surface area contributed by atoms with Gasteiger partial charge in [0.1, 0.15) is 0 Å². The predicted molar refractivity (Wildman–Crippen MR) is 79.7 cm³/mol. The quantitative estimate of drug-likeness (QED) is 0.493. The number of aldehydes is 1. The Bertz CT molecular complexity index is 712. The molecule has 0 aromatic heterocycles. The third-order valence-electron chi connectivity index (χ3n) is 3.83. The second-order valence-corrected chi connectivity index (χ2v) is 5.06. The number of fused-ring (bicyclic) bond motifs is 1. The number of nitrogens with zero attached hydrogens (tertiary/aromatic N) is 2. The molecule has 1 heterocycles. The number of rotatable bonds is 3. The predicted octanol–water partition coefficient (Wildman–Crippen LogP) is 2.97. The molecule has 5 heteroatoms. The third kappa shape index (κ3) is 2.50. The van der Waals surface area contributed by atoms with E-state index in [4.69, 9.17) is 0 Å². The van der Waals surface area contributed by atoms with E-state index < -0.39 is 4.92 Å². The SMILES string of the molecule is O=Cc1cc(N2CCc3ccccc3C2)ccc1[N+](=O)[O-]. The molecule has 0 aliphatic carbocycles. The van der Waals surface area contributed by atoms with Crippen molar-refractivity contribution >= 4 is 17.7 Å². The Morgan fingerprint density at radius 2 is 1.90 bits per heavy atom. The first kappa shape index (κ1) is 13.3. The highest BCUT2D eigenvalue weighted by Gasteiger charge is 2.19. The lowest BCUT2D eigenvalue weighted by molar-refractivity contribution is -0.385. The number of nitro groups is 1. The van der Waals surface area contributed by atoms with Gasteiger partial charge in [0.25, 0.3) is 5.69 Å². The molecule has 0 unspecified atom stereocenters. The normalized spacial score (nSPS) is 13.6. The zero-order chi connectivity index (χ0) is 14.8. The second kappa shape index (κ2) is 5.36. The van der Waals surface area contributed by atoms with E-state index in [1.807, 2.05) is 12.1 Å². The van der Waals surface area contributed by atoms with Crippen molar-refractivity contribution in [2.75, 3.05) is 11.4 Å². The van der Waals surface area contributed by atoms with Crippen molar-refractivity contribution in [3.8, 4) is 0 Å². The van der Waals surface area contributed by atoms with E-state index in [1.165, 1.54) is 17.2 Å². The minimum Gasteiger partial charge on any atom is -0.367 e. The first-order chi connectivity index (χ1) is 10.2. The molecule has 0 bridgehead atoms. The van der Waals surface area contributed by atoms with Crippen LogP contribution in [0.3, 0.4) is 0 Å². The Labute approximate surface area is 122 Å². The second-order valence-electron chi connectivity index (χ2n) is 5.06. The van der Waals surface area contributed by atoms with Crippen LogP contribution >= 0.6 is 0 Å². The van der Waals surface area contributed by atoms with E-state index >= 15 is 0 Å². The van der Waals surface area contributed by atoms with Gasteiger partial charge in [-0.1, -0.05) is 24.3 Å². The zero-order valence-corrected chi connectivity index (χ0v) is 11.4. The van der Waals surface area contributed by atoms with Crippen molar-refractivity contribution in [1.29, 1.82) is 0 Å². The van der Waals surface area contributed by atoms with Crippen molar-refractivity contribution < 1.29 is 9.72 Å². The number of benzene rings is 2. The molecule has 0 saturated heterocycles. The van der Waals surface area contributed by atoms with Crippen LogP contribution in [-0.2, 0) is 13.0 Å². The summed E-state index contributed by atoms with van der Waals surface area (Å²) < 4.78 is 0. The summed E-state index contributed by atoms with van der Waals surface area (Å²) in [7, 11) is 0. The molecule has 1 aliphatic heterocycles. The van der Waals surface area contributed by atoms with Crippen molar-refractivity contribution in [2.45, 2.75) is 13.0 Å². The highest BCUT2D eigenvalue weighted by atomic mass is 16.6. The molecule has 1 aliphatic rings. The van der Waals surface area contributed by atoms with Crippen molar-refractivity contribution in [3.63, 3.8) is 0 Å². The summed E-state index contributed by atoms with van der Waals surface area (Å²) in [5.41, 5.74) is 3.42. The summed E-state index contributed by atoms with van der Waals surface area (Å²) in [6, 6.07) is 13.0. The molecule has 0 atom stereocenters. The number of carbonyl (C=O) groups excluding carboxylic acids is 1. The fourth-order valence-corrected chi connectivity index (χ4v) is 2.72. The van der Waals surface area contributed by atoms with Gasteiger partial charge >= 0.3 is 0 Å². The highest BCUT2D eigenvalue weighted by molar-refractivity contribution is 5.83. The molecular weight excluding hydrogens is 268 g/mol. The van der Waals surface area contributed by atoms with Crippen molar-refractivity contribution in [2.24, 2.45) is 0 Å². The first-order valence-electron chi connectivity index (χ1n) is 6.74.